The van der Waals surface area contributed by atoms with Crippen LogP contribution in [0.4, 0.5) is 9.93 Å². The van der Waals surface area contributed by atoms with E-state index in [0.29, 0.717) is 42.2 Å². The lowest BCUT2D eigenvalue weighted by molar-refractivity contribution is -0.117. The second kappa shape index (κ2) is 8.20. The third-order valence-corrected chi connectivity index (χ3v) is 6.86. The Labute approximate surface area is 192 Å². The van der Waals surface area contributed by atoms with Gasteiger partial charge in [0.05, 0.1) is 35.1 Å². The number of hydrogen-bond donors (Lipinski definition) is 1. The van der Waals surface area contributed by atoms with Crippen LogP contribution in [0.2, 0.25) is 0 Å². The Hall–Kier alpha value is -3.37. The van der Waals surface area contributed by atoms with Crippen LogP contribution in [0.15, 0.2) is 36.7 Å². The van der Waals surface area contributed by atoms with E-state index in [2.05, 4.69) is 20.4 Å². The molecule has 1 saturated carbocycles. The largest absolute Gasteiger partial charge is 0.444 e. The second-order valence-corrected chi connectivity index (χ2v) is 9.38. The van der Waals surface area contributed by atoms with Gasteiger partial charge in [-0.1, -0.05) is 17.4 Å². The number of nitrogens with zero attached hydrogens (tertiary/aromatic N) is 4. The minimum atomic E-state index is -0.509. The fraction of sp³-hybridized carbons (Fsp3) is 0.348. The Kier molecular flexibility index (Phi) is 5.03. The van der Waals surface area contributed by atoms with E-state index in [1.54, 1.807) is 12.4 Å². The molecule has 33 heavy (non-hydrogen) atoms. The van der Waals surface area contributed by atoms with E-state index in [1.165, 1.54) is 16.0 Å². The maximum Gasteiger partial charge on any atom is 0.435 e. The number of fused-ring (bicyclic) bond motifs is 2. The maximum absolute atomic E-state index is 12.7. The summed E-state index contributed by atoms with van der Waals surface area (Å²) >= 11 is 1.45. The van der Waals surface area contributed by atoms with Gasteiger partial charge in [0.1, 0.15) is 11.6 Å². The van der Waals surface area contributed by atoms with Gasteiger partial charge in [-0.05, 0) is 36.6 Å². The van der Waals surface area contributed by atoms with Crippen LogP contribution in [0, 0.1) is 5.92 Å². The summed E-state index contributed by atoms with van der Waals surface area (Å²) in [5.74, 6) is 0.179. The van der Waals surface area contributed by atoms with E-state index in [0.717, 1.165) is 34.2 Å². The molecule has 2 fully saturated rings. The van der Waals surface area contributed by atoms with Gasteiger partial charge in [0.2, 0.25) is 5.91 Å². The fourth-order valence-electron chi connectivity index (χ4n) is 3.91. The van der Waals surface area contributed by atoms with Gasteiger partial charge in [-0.2, -0.15) is 9.78 Å². The number of rotatable bonds is 4. The summed E-state index contributed by atoms with van der Waals surface area (Å²) in [5.41, 5.74) is 3.82. The predicted molar refractivity (Wildman–Crippen MR) is 123 cm³/mol. The van der Waals surface area contributed by atoms with Gasteiger partial charge in [-0.15, -0.1) is 0 Å². The van der Waals surface area contributed by atoms with Gasteiger partial charge in [0, 0.05) is 30.5 Å². The highest BCUT2D eigenvalue weighted by molar-refractivity contribution is 7.22. The van der Waals surface area contributed by atoms with Crippen LogP contribution in [0.5, 0.6) is 0 Å². The van der Waals surface area contributed by atoms with Crippen molar-refractivity contribution in [2.75, 3.05) is 18.5 Å². The van der Waals surface area contributed by atoms with Crippen molar-refractivity contribution in [3.63, 3.8) is 0 Å². The molecule has 168 valence electrons. The molecule has 9 nitrogen and oxygen atoms in total. The van der Waals surface area contributed by atoms with Crippen LogP contribution >= 0.6 is 11.3 Å². The lowest BCUT2D eigenvalue weighted by Gasteiger charge is -2.21. The Morgan fingerprint density at radius 3 is 2.73 bits per heavy atom. The molecule has 1 N–H and O–H groups in total. The number of benzene rings is 1. The SMILES string of the molecule is O=C(Nc1nc2ccc(-c3cnc4cnn(C(=O)OC5CCOCC5)c4c3)cc2s1)C1CC1. The van der Waals surface area contributed by atoms with E-state index >= 15 is 0 Å². The van der Waals surface area contributed by atoms with Gasteiger partial charge in [-0.3, -0.25) is 9.78 Å². The minimum absolute atomic E-state index is 0.0461. The summed E-state index contributed by atoms with van der Waals surface area (Å²) in [4.78, 5) is 33.8. The summed E-state index contributed by atoms with van der Waals surface area (Å²) < 4.78 is 13.2. The number of thiazole rings is 1. The summed E-state index contributed by atoms with van der Waals surface area (Å²) in [7, 11) is 0. The average molecular weight is 464 g/mol. The standard InChI is InChI=1S/C23H21N5O4S/c29-21(13-1-2-13)27-22-26-17-4-3-14(10-20(17)33-22)15-9-19-18(24-11-15)12-25-28(19)23(30)32-16-5-7-31-8-6-16/h3-4,9-13,16H,1-2,5-8H2,(H,26,27,29). The first kappa shape index (κ1) is 20.3. The van der Waals surface area contributed by atoms with Crippen molar-refractivity contribution >= 4 is 49.7 Å². The molecule has 10 heteroatoms. The summed E-state index contributed by atoms with van der Waals surface area (Å²) in [5, 5.41) is 7.72. The van der Waals surface area contributed by atoms with Crippen LogP contribution in [0.3, 0.4) is 0 Å². The lowest BCUT2D eigenvalue weighted by atomic mass is 10.1. The zero-order chi connectivity index (χ0) is 22.4. The first-order valence-corrected chi connectivity index (χ1v) is 11.8. The number of carbonyl (C=O) groups is 2. The Balaban J connectivity index is 1.27. The third-order valence-electron chi connectivity index (χ3n) is 5.93. The van der Waals surface area contributed by atoms with Crippen LogP contribution in [0.1, 0.15) is 25.7 Å². The molecular formula is C23H21N5O4S. The molecule has 2 aliphatic rings. The van der Waals surface area contributed by atoms with Crippen LogP contribution in [-0.4, -0.2) is 51.1 Å². The zero-order valence-electron chi connectivity index (χ0n) is 17.7. The van der Waals surface area contributed by atoms with Gasteiger partial charge >= 0.3 is 6.09 Å². The van der Waals surface area contributed by atoms with Crippen molar-refractivity contribution in [1.29, 1.82) is 0 Å². The predicted octanol–water partition coefficient (Wildman–Crippen LogP) is 4.22. The molecule has 1 saturated heterocycles. The second-order valence-electron chi connectivity index (χ2n) is 8.35. The highest BCUT2D eigenvalue weighted by atomic mass is 32.1. The number of amides is 1. The highest BCUT2D eigenvalue weighted by Crippen LogP contribution is 2.34. The number of pyridine rings is 1. The molecule has 3 aromatic heterocycles. The van der Waals surface area contributed by atoms with E-state index in [9.17, 15) is 9.59 Å². The molecule has 0 atom stereocenters. The molecular weight excluding hydrogens is 442 g/mol. The molecule has 1 aromatic carbocycles. The number of carbonyl (C=O) groups excluding carboxylic acids is 2. The van der Waals surface area contributed by atoms with E-state index in [4.69, 9.17) is 9.47 Å². The molecule has 1 aliphatic heterocycles. The molecule has 1 aliphatic carbocycles. The molecule has 0 bridgehead atoms. The van der Waals surface area contributed by atoms with Crippen molar-refractivity contribution in [2.45, 2.75) is 31.8 Å². The van der Waals surface area contributed by atoms with Crippen molar-refractivity contribution in [3.05, 3.63) is 36.7 Å². The first-order valence-electron chi connectivity index (χ1n) is 11.0. The molecule has 0 radical (unpaired) electrons. The maximum atomic E-state index is 12.7. The van der Waals surface area contributed by atoms with Crippen LogP contribution in [-0.2, 0) is 14.3 Å². The van der Waals surface area contributed by atoms with Crippen molar-refractivity contribution in [3.8, 4) is 11.1 Å². The Bertz CT molecular complexity index is 1370. The number of anilines is 1. The topological polar surface area (TPSA) is 108 Å². The third kappa shape index (κ3) is 4.07. The molecule has 4 heterocycles. The molecule has 4 aromatic rings. The summed E-state index contributed by atoms with van der Waals surface area (Å²) in [6.45, 7) is 1.19. The smallest absolute Gasteiger partial charge is 0.435 e. The van der Waals surface area contributed by atoms with Crippen LogP contribution in [0.25, 0.3) is 32.4 Å². The van der Waals surface area contributed by atoms with Gasteiger partial charge in [0.15, 0.2) is 5.13 Å². The van der Waals surface area contributed by atoms with Gasteiger partial charge in [-0.25, -0.2) is 9.78 Å². The number of nitrogens with one attached hydrogen (secondary N) is 1. The molecule has 0 spiro atoms. The van der Waals surface area contributed by atoms with Crippen molar-refractivity contribution in [1.82, 2.24) is 19.7 Å². The zero-order valence-corrected chi connectivity index (χ0v) is 18.5. The highest BCUT2D eigenvalue weighted by Gasteiger charge is 2.30. The number of ether oxygens (including phenoxy) is 2. The lowest BCUT2D eigenvalue weighted by Crippen LogP contribution is -2.28. The molecule has 1 amide bonds. The van der Waals surface area contributed by atoms with E-state index < -0.39 is 6.09 Å². The van der Waals surface area contributed by atoms with E-state index in [1.807, 2.05) is 24.3 Å². The van der Waals surface area contributed by atoms with Crippen LogP contribution < -0.4 is 5.32 Å². The number of aromatic nitrogens is 4. The molecule has 0 unspecified atom stereocenters. The Morgan fingerprint density at radius 2 is 1.91 bits per heavy atom. The van der Waals surface area contributed by atoms with Gasteiger partial charge < -0.3 is 14.8 Å². The van der Waals surface area contributed by atoms with E-state index in [-0.39, 0.29) is 17.9 Å². The fourth-order valence-corrected chi connectivity index (χ4v) is 4.82. The normalized spacial score (nSPS) is 16.8. The summed E-state index contributed by atoms with van der Waals surface area (Å²) in [6, 6.07) is 7.79. The molecule has 6 rings (SSSR count). The van der Waals surface area contributed by atoms with Crippen molar-refractivity contribution in [2.24, 2.45) is 5.92 Å². The monoisotopic (exact) mass is 463 g/mol. The number of hydrogen-bond acceptors (Lipinski definition) is 8. The first-order chi connectivity index (χ1) is 16.1. The summed E-state index contributed by atoms with van der Waals surface area (Å²) in [6.07, 6.45) is 5.93. The average Bonchev–Trinajstić information content (AvgIpc) is 3.48. The Morgan fingerprint density at radius 1 is 1.06 bits per heavy atom. The minimum Gasteiger partial charge on any atom is -0.444 e. The van der Waals surface area contributed by atoms with Gasteiger partial charge in [0.25, 0.3) is 0 Å². The quantitative estimate of drug-likeness (QED) is 0.483. The van der Waals surface area contributed by atoms with Crippen molar-refractivity contribution < 1.29 is 19.1 Å².